The fraction of sp³-hybridized carbons (Fsp3) is 0.409. The lowest BCUT2D eigenvalue weighted by atomic mass is 9.89. The van der Waals surface area contributed by atoms with Gasteiger partial charge in [-0.15, -0.1) is 0 Å². The van der Waals surface area contributed by atoms with Crippen LogP contribution in [0.4, 0.5) is 23.2 Å². The molecule has 32 heavy (non-hydrogen) atoms. The van der Waals surface area contributed by atoms with E-state index in [4.69, 9.17) is 0 Å². The number of halogens is 4. The van der Waals surface area contributed by atoms with Gasteiger partial charge in [-0.3, -0.25) is 9.52 Å². The molecule has 2 N–H and O–H groups in total. The second kappa shape index (κ2) is 8.38. The molecule has 0 heterocycles. The predicted molar refractivity (Wildman–Crippen MR) is 113 cm³/mol. The van der Waals surface area contributed by atoms with Crippen molar-refractivity contribution in [1.82, 2.24) is 5.32 Å². The van der Waals surface area contributed by atoms with E-state index in [9.17, 15) is 30.8 Å². The largest absolute Gasteiger partial charge is 0.416 e. The highest BCUT2D eigenvalue weighted by Crippen LogP contribution is 2.57. The van der Waals surface area contributed by atoms with Gasteiger partial charge in [-0.05, 0) is 55.2 Å². The van der Waals surface area contributed by atoms with Crippen LogP contribution in [-0.2, 0) is 26.4 Å². The van der Waals surface area contributed by atoms with Crippen molar-refractivity contribution in [2.24, 2.45) is 5.92 Å². The molecule has 0 aliphatic heterocycles. The van der Waals surface area contributed by atoms with E-state index in [1.54, 1.807) is 6.92 Å². The number of rotatable bonds is 7. The van der Waals surface area contributed by atoms with Gasteiger partial charge in [0.15, 0.2) is 0 Å². The topological polar surface area (TPSA) is 75.3 Å². The van der Waals surface area contributed by atoms with Crippen LogP contribution in [0, 0.1) is 11.7 Å². The van der Waals surface area contributed by atoms with Gasteiger partial charge in [0.25, 0.3) is 0 Å². The van der Waals surface area contributed by atoms with E-state index in [2.05, 4.69) is 10.0 Å². The first kappa shape index (κ1) is 24.0. The molecule has 10 heteroatoms. The lowest BCUT2D eigenvalue weighted by molar-refractivity contribution is -0.137. The average Bonchev–Trinajstić information content (AvgIpc) is 3.44. The third kappa shape index (κ3) is 5.06. The molecule has 0 spiro atoms. The Morgan fingerprint density at radius 3 is 2.31 bits per heavy atom. The molecule has 174 valence electrons. The molecule has 5 nitrogen and oxygen atoms in total. The number of hydrogen-bond donors (Lipinski definition) is 2. The van der Waals surface area contributed by atoms with E-state index < -0.39 is 45.0 Å². The first-order valence-corrected chi connectivity index (χ1v) is 11.9. The van der Waals surface area contributed by atoms with Crippen molar-refractivity contribution in [3.05, 3.63) is 65.0 Å². The maximum absolute atomic E-state index is 14.2. The van der Waals surface area contributed by atoms with Crippen molar-refractivity contribution in [2.45, 2.75) is 44.3 Å². The molecular weight excluding hydrogens is 448 g/mol. The molecule has 1 aliphatic carbocycles. The van der Waals surface area contributed by atoms with Gasteiger partial charge in [0, 0.05) is 11.3 Å². The molecule has 0 bridgehead atoms. The summed E-state index contributed by atoms with van der Waals surface area (Å²) in [5.74, 6) is -1.44. The highest BCUT2D eigenvalue weighted by molar-refractivity contribution is 7.92. The number of alkyl halides is 3. The van der Waals surface area contributed by atoms with Gasteiger partial charge in [-0.2, -0.15) is 13.2 Å². The standard InChI is InChI=1S/C22H24F4N2O3S/c1-4-21(15-6-8-16(9-7-15)22(24,25)26)12-17(21)20(29)27-13(2)14-5-10-19(18(23)11-14)28-32(3,30)31/h5-11,13,17,28H,4,12H2,1-3H3,(H,27,29)/t13-,17?,21?/m1/s1. The Labute approximate surface area is 184 Å². The number of benzene rings is 2. The summed E-state index contributed by atoms with van der Waals surface area (Å²) in [4.78, 5) is 12.8. The summed E-state index contributed by atoms with van der Waals surface area (Å²) >= 11 is 0. The minimum absolute atomic E-state index is 0.190. The number of carbonyl (C=O) groups excluding carboxylic acids is 1. The Hall–Kier alpha value is -2.62. The molecule has 2 unspecified atom stereocenters. The van der Waals surface area contributed by atoms with Crippen molar-refractivity contribution in [1.29, 1.82) is 0 Å². The van der Waals surface area contributed by atoms with Gasteiger partial charge < -0.3 is 5.32 Å². The van der Waals surface area contributed by atoms with Crippen LogP contribution in [0.5, 0.6) is 0 Å². The molecule has 2 aromatic rings. The van der Waals surface area contributed by atoms with Gasteiger partial charge in [0.1, 0.15) is 5.82 Å². The molecule has 3 rings (SSSR count). The van der Waals surface area contributed by atoms with Crippen LogP contribution in [-0.4, -0.2) is 20.6 Å². The number of hydrogen-bond acceptors (Lipinski definition) is 3. The summed E-state index contributed by atoms with van der Waals surface area (Å²) in [7, 11) is -3.63. The number of amides is 1. The maximum atomic E-state index is 14.2. The zero-order valence-corrected chi connectivity index (χ0v) is 18.6. The quantitative estimate of drug-likeness (QED) is 0.571. The molecule has 1 fully saturated rings. The SMILES string of the molecule is CCC1(c2ccc(C(F)(F)F)cc2)CC1C(=O)N[C@H](C)c1ccc(NS(C)(=O)=O)c(F)c1. The van der Waals surface area contributed by atoms with Gasteiger partial charge in [-0.25, -0.2) is 12.8 Å². The van der Waals surface area contributed by atoms with E-state index in [0.717, 1.165) is 24.5 Å². The monoisotopic (exact) mass is 472 g/mol. The van der Waals surface area contributed by atoms with Crippen LogP contribution < -0.4 is 10.0 Å². The van der Waals surface area contributed by atoms with Gasteiger partial charge >= 0.3 is 6.18 Å². The average molecular weight is 473 g/mol. The van der Waals surface area contributed by atoms with E-state index in [0.29, 0.717) is 24.0 Å². The lowest BCUT2D eigenvalue weighted by Crippen LogP contribution is -2.31. The van der Waals surface area contributed by atoms with Crippen molar-refractivity contribution in [3.8, 4) is 0 Å². The van der Waals surface area contributed by atoms with E-state index in [-0.39, 0.29) is 11.6 Å². The van der Waals surface area contributed by atoms with Crippen molar-refractivity contribution < 1.29 is 30.8 Å². The number of carbonyl (C=O) groups is 1. The van der Waals surface area contributed by atoms with Crippen LogP contribution in [0.1, 0.15) is 49.4 Å². The normalized spacial score (nSPS) is 21.7. The van der Waals surface area contributed by atoms with Crippen LogP contribution in [0.3, 0.4) is 0 Å². The van der Waals surface area contributed by atoms with Crippen molar-refractivity contribution in [2.75, 3.05) is 11.0 Å². The molecule has 3 atom stereocenters. The molecule has 0 radical (unpaired) electrons. The van der Waals surface area contributed by atoms with Gasteiger partial charge in [-0.1, -0.05) is 25.1 Å². The van der Waals surface area contributed by atoms with Crippen LogP contribution in [0.2, 0.25) is 0 Å². The molecule has 0 saturated heterocycles. The zero-order chi connectivity index (χ0) is 23.9. The lowest BCUT2D eigenvalue weighted by Gasteiger charge is -2.19. The second-order valence-corrected chi connectivity index (χ2v) is 9.93. The van der Waals surface area contributed by atoms with Gasteiger partial charge in [0.2, 0.25) is 15.9 Å². The first-order chi connectivity index (χ1) is 14.8. The summed E-state index contributed by atoms with van der Waals surface area (Å²) in [5, 5.41) is 2.82. The molecule has 0 aromatic heterocycles. The van der Waals surface area contributed by atoms with Crippen LogP contribution in [0.25, 0.3) is 0 Å². The van der Waals surface area contributed by atoms with Crippen LogP contribution in [0.15, 0.2) is 42.5 Å². The third-order valence-corrected chi connectivity index (χ3v) is 6.55. The molecule has 1 aliphatic rings. The molecule has 1 saturated carbocycles. The van der Waals surface area contributed by atoms with Crippen LogP contribution >= 0.6 is 0 Å². The zero-order valence-electron chi connectivity index (χ0n) is 17.8. The summed E-state index contributed by atoms with van der Waals surface area (Å²) < 4.78 is 77.4. The van der Waals surface area contributed by atoms with E-state index >= 15 is 0 Å². The Bertz CT molecular complexity index is 1120. The Balaban J connectivity index is 1.70. The highest BCUT2D eigenvalue weighted by atomic mass is 32.2. The smallest absolute Gasteiger partial charge is 0.349 e. The Morgan fingerprint density at radius 2 is 1.81 bits per heavy atom. The maximum Gasteiger partial charge on any atom is 0.416 e. The van der Waals surface area contributed by atoms with E-state index in [1.807, 2.05) is 6.92 Å². The summed E-state index contributed by atoms with van der Waals surface area (Å²) in [5.41, 5.74) is -0.319. The summed E-state index contributed by atoms with van der Waals surface area (Å²) in [6.07, 6.45) is -2.41. The second-order valence-electron chi connectivity index (χ2n) is 8.19. The van der Waals surface area contributed by atoms with Crippen molar-refractivity contribution in [3.63, 3.8) is 0 Å². The predicted octanol–water partition coefficient (Wildman–Crippen LogP) is 4.76. The Morgan fingerprint density at radius 1 is 1.19 bits per heavy atom. The van der Waals surface area contributed by atoms with Crippen molar-refractivity contribution >= 4 is 21.6 Å². The fourth-order valence-corrected chi connectivity index (χ4v) is 4.60. The Kier molecular flexibility index (Phi) is 6.29. The molecule has 2 aromatic carbocycles. The van der Waals surface area contributed by atoms with Gasteiger partial charge in [0.05, 0.1) is 23.5 Å². The molecular formula is C22H24F4N2O3S. The minimum Gasteiger partial charge on any atom is -0.349 e. The number of nitrogens with one attached hydrogen (secondary N) is 2. The number of sulfonamides is 1. The van der Waals surface area contributed by atoms with E-state index in [1.165, 1.54) is 24.3 Å². The third-order valence-electron chi connectivity index (χ3n) is 5.96. The fourth-order valence-electron chi connectivity index (χ4n) is 4.03. The highest BCUT2D eigenvalue weighted by Gasteiger charge is 2.57. The minimum atomic E-state index is -4.42. The first-order valence-electron chi connectivity index (χ1n) is 10.0. The number of anilines is 1. The summed E-state index contributed by atoms with van der Waals surface area (Å²) in [6, 6.07) is 8.29. The molecule has 1 amide bonds. The summed E-state index contributed by atoms with van der Waals surface area (Å²) in [6.45, 7) is 3.56.